The monoisotopic (exact) mass is 447 g/mol. The van der Waals surface area contributed by atoms with Crippen LogP contribution in [0.4, 0.5) is 0 Å². The van der Waals surface area contributed by atoms with Gasteiger partial charge in [0.2, 0.25) is 0 Å². The second-order valence-electron chi connectivity index (χ2n) is 6.21. The molecule has 2 N–H and O–H groups in total. The van der Waals surface area contributed by atoms with Crippen molar-refractivity contribution in [3.8, 4) is 0 Å². The molecule has 0 unspecified atom stereocenters. The van der Waals surface area contributed by atoms with Crippen molar-refractivity contribution in [2.75, 3.05) is 32.1 Å². The van der Waals surface area contributed by atoms with Crippen LogP contribution >= 0.6 is 35.7 Å². The first-order chi connectivity index (χ1) is 10.8. The zero-order valence-corrected chi connectivity index (χ0v) is 17.5. The predicted molar refractivity (Wildman–Crippen MR) is 114 cm³/mol. The minimum absolute atomic E-state index is 0. The van der Waals surface area contributed by atoms with E-state index in [9.17, 15) is 0 Å². The third-order valence-electron chi connectivity index (χ3n) is 4.30. The molecular weight excluding hydrogens is 417 g/mol. The Kier molecular flexibility index (Phi) is 10.0. The van der Waals surface area contributed by atoms with Crippen molar-refractivity contribution in [3.63, 3.8) is 0 Å². The summed E-state index contributed by atoms with van der Waals surface area (Å²) in [6, 6.07) is 10.8. The van der Waals surface area contributed by atoms with Gasteiger partial charge in [-0.2, -0.15) is 11.8 Å². The Labute approximate surface area is 162 Å². The summed E-state index contributed by atoms with van der Waals surface area (Å²) in [5.41, 5.74) is 1.89. The predicted octanol–water partition coefficient (Wildman–Crippen LogP) is 3.94. The molecule has 0 radical (unpaired) electrons. The van der Waals surface area contributed by atoms with Crippen LogP contribution in [0, 0.1) is 5.41 Å². The lowest BCUT2D eigenvalue weighted by Crippen LogP contribution is -2.41. The van der Waals surface area contributed by atoms with Crippen molar-refractivity contribution < 1.29 is 0 Å². The maximum absolute atomic E-state index is 4.33. The fourth-order valence-electron chi connectivity index (χ4n) is 2.69. The van der Waals surface area contributed by atoms with Gasteiger partial charge in [0.25, 0.3) is 0 Å². The van der Waals surface area contributed by atoms with Gasteiger partial charge in [0, 0.05) is 20.1 Å². The molecule has 0 saturated heterocycles. The Hall–Kier alpha value is -0.430. The molecule has 0 amide bonds. The number of thioether (sulfide) groups is 1. The second kappa shape index (κ2) is 11.2. The Balaban J connectivity index is 0.00000264. The molecule has 1 aliphatic rings. The fraction of sp³-hybridized carbons (Fsp3) is 0.611. The Morgan fingerprint density at radius 1 is 1.17 bits per heavy atom. The van der Waals surface area contributed by atoms with E-state index >= 15 is 0 Å². The normalized spacial score (nSPS) is 15.7. The largest absolute Gasteiger partial charge is 0.356 e. The van der Waals surface area contributed by atoms with Gasteiger partial charge >= 0.3 is 0 Å². The van der Waals surface area contributed by atoms with Crippen LogP contribution in [-0.4, -0.2) is 38.1 Å². The lowest BCUT2D eigenvalue weighted by atomic mass is 9.96. The number of nitrogens with zero attached hydrogens (tertiary/aromatic N) is 1. The van der Waals surface area contributed by atoms with Crippen molar-refractivity contribution in [2.45, 2.75) is 32.1 Å². The van der Waals surface area contributed by atoms with E-state index in [1.165, 1.54) is 43.4 Å². The number of halogens is 1. The van der Waals surface area contributed by atoms with Crippen LogP contribution in [0.3, 0.4) is 0 Å². The van der Waals surface area contributed by atoms with Gasteiger partial charge < -0.3 is 10.6 Å². The minimum atomic E-state index is 0. The summed E-state index contributed by atoms with van der Waals surface area (Å²) in [5, 5.41) is 6.94. The Morgan fingerprint density at radius 3 is 2.52 bits per heavy atom. The minimum Gasteiger partial charge on any atom is -0.356 e. The molecule has 0 bridgehead atoms. The van der Waals surface area contributed by atoms with E-state index in [1.807, 2.05) is 18.8 Å². The molecule has 130 valence electrons. The molecule has 3 nitrogen and oxygen atoms in total. The van der Waals surface area contributed by atoms with E-state index in [0.29, 0.717) is 5.41 Å². The molecular formula is C18H30IN3S. The van der Waals surface area contributed by atoms with E-state index in [4.69, 9.17) is 0 Å². The first kappa shape index (κ1) is 20.6. The van der Waals surface area contributed by atoms with Gasteiger partial charge in [0.05, 0.1) is 0 Å². The van der Waals surface area contributed by atoms with Gasteiger partial charge in [-0.15, -0.1) is 24.0 Å². The molecule has 0 spiro atoms. The second-order valence-corrected chi connectivity index (χ2v) is 7.20. The molecule has 1 aromatic carbocycles. The summed E-state index contributed by atoms with van der Waals surface area (Å²) in [7, 11) is 1.86. The van der Waals surface area contributed by atoms with Crippen LogP contribution in [0.15, 0.2) is 35.3 Å². The quantitative estimate of drug-likeness (QED) is 0.261. The molecule has 5 heteroatoms. The number of guanidine groups is 1. The summed E-state index contributed by atoms with van der Waals surface area (Å²) in [6.07, 6.45) is 8.44. The highest BCUT2D eigenvalue weighted by Crippen LogP contribution is 2.47. The van der Waals surface area contributed by atoms with Crippen LogP contribution in [0.5, 0.6) is 0 Å². The molecule has 23 heavy (non-hydrogen) atoms. The smallest absolute Gasteiger partial charge is 0.190 e. The van der Waals surface area contributed by atoms with Crippen molar-refractivity contribution in [3.05, 3.63) is 35.9 Å². The summed E-state index contributed by atoms with van der Waals surface area (Å²) < 4.78 is 0. The van der Waals surface area contributed by atoms with Crippen LogP contribution in [0.1, 0.15) is 31.2 Å². The van der Waals surface area contributed by atoms with E-state index < -0.39 is 0 Å². The number of nitrogens with one attached hydrogen (secondary N) is 2. The van der Waals surface area contributed by atoms with E-state index in [0.717, 1.165) is 19.0 Å². The molecule has 1 saturated carbocycles. The molecule has 0 atom stereocenters. The van der Waals surface area contributed by atoms with Gasteiger partial charge in [-0.05, 0) is 55.1 Å². The van der Waals surface area contributed by atoms with Crippen LogP contribution in [0.25, 0.3) is 0 Å². The van der Waals surface area contributed by atoms with Gasteiger partial charge in [-0.3, -0.25) is 4.99 Å². The van der Waals surface area contributed by atoms with Gasteiger partial charge in [0.1, 0.15) is 0 Å². The Morgan fingerprint density at radius 2 is 1.91 bits per heavy atom. The maximum Gasteiger partial charge on any atom is 0.190 e. The molecule has 0 heterocycles. The summed E-state index contributed by atoms with van der Waals surface area (Å²) in [5.74, 6) is 2.19. The highest BCUT2D eigenvalue weighted by Gasteiger charge is 2.42. The fourth-order valence-corrected chi connectivity index (χ4v) is 3.18. The highest BCUT2D eigenvalue weighted by molar-refractivity contribution is 14.0. The lowest BCUT2D eigenvalue weighted by molar-refractivity contribution is 0.492. The number of hydrogen-bond acceptors (Lipinski definition) is 2. The zero-order valence-electron chi connectivity index (χ0n) is 14.3. The SMILES string of the molecule is CN=C(NCCCCSC)NCC1(Cc2ccccc2)CC1.I. The maximum atomic E-state index is 4.33. The van der Waals surface area contributed by atoms with E-state index in [-0.39, 0.29) is 24.0 Å². The topological polar surface area (TPSA) is 36.4 Å². The zero-order chi connectivity index (χ0) is 15.7. The van der Waals surface area contributed by atoms with Crippen LogP contribution in [-0.2, 0) is 6.42 Å². The molecule has 1 aromatic rings. The van der Waals surface area contributed by atoms with Crippen molar-refractivity contribution >= 4 is 41.7 Å². The Bertz CT molecular complexity index is 461. The summed E-state index contributed by atoms with van der Waals surface area (Å²) in [4.78, 5) is 4.33. The summed E-state index contributed by atoms with van der Waals surface area (Å²) >= 11 is 1.92. The average molecular weight is 447 g/mol. The lowest BCUT2D eigenvalue weighted by Gasteiger charge is -2.18. The molecule has 1 aliphatic carbocycles. The number of hydrogen-bond donors (Lipinski definition) is 2. The average Bonchev–Trinajstić information content (AvgIpc) is 3.31. The van der Waals surface area contributed by atoms with Gasteiger partial charge in [-0.1, -0.05) is 30.3 Å². The third kappa shape index (κ3) is 7.79. The number of rotatable bonds is 9. The third-order valence-corrected chi connectivity index (χ3v) is 5.00. The van der Waals surface area contributed by atoms with Gasteiger partial charge in [-0.25, -0.2) is 0 Å². The number of unbranched alkanes of at least 4 members (excludes halogenated alkanes) is 1. The summed E-state index contributed by atoms with van der Waals surface area (Å²) in [6.45, 7) is 2.03. The van der Waals surface area contributed by atoms with Gasteiger partial charge in [0.15, 0.2) is 5.96 Å². The molecule has 0 aromatic heterocycles. The van der Waals surface area contributed by atoms with Crippen molar-refractivity contribution in [1.29, 1.82) is 0 Å². The first-order valence-electron chi connectivity index (χ1n) is 8.25. The van der Waals surface area contributed by atoms with E-state index in [2.05, 4.69) is 52.2 Å². The van der Waals surface area contributed by atoms with E-state index in [1.54, 1.807) is 0 Å². The number of aliphatic imine (C=N–C) groups is 1. The molecule has 2 rings (SSSR count). The highest BCUT2D eigenvalue weighted by atomic mass is 127. The number of benzene rings is 1. The first-order valence-corrected chi connectivity index (χ1v) is 9.65. The van der Waals surface area contributed by atoms with Crippen LogP contribution in [0.2, 0.25) is 0 Å². The molecule has 0 aliphatic heterocycles. The van der Waals surface area contributed by atoms with Crippen LogP contribution < -0.4 is 10.6 Å². The van der Waals surface area contributed by atoms with Crippen molar-refractivity contribution in [2.24, 2.45) is 10.4 Å². The standard InChI is InChI=1S/C18H29N3S.HI/c1-19-17(20-12-6-7-13-22-2)21-15-18(10-11-18)14-16-8-4-3-5-9-16;/h3-5,8-9H,6-7,10-15H2,1-2H3,(H2,19,20,21);1H. The molecule has 1 fully saturated rings. The van der Waals surface area contributed by atoms with Crippen molar-refractivity contribution in [1.82, 2.24) is 10.6 Å².